The Balaban J connectivity index is 2.49. The molecule has 1 aliphatic heterocycles. The van der Waals surface area contributed by atoms with Gasteiger partial charge in [0.15, 0.2) is 0 Å². The van der Waals surface area contributed by atoms with Crippen molar-refractivity contribution < 1.29 is 4.74 Å². The van der Waals surface area contributed by atoms with Gasteiger partial charge >= 0.3 is 0 Å². The predicted molar refractivity (Wildman–Crippen MR) is 42.3 cm³/mol. The molecule has 58 valence electrons. The van der Waals surface area contributed by atoms with E-state index in [1.807, 2.05) is 12.3 Å². The maximum absolute atomic E-state index is 5.23. The summed E-state index contributed by atoms with van der Waals surface area (Å²) in [5, 5.41) is 3.07. The number of nitrogens with one attached hydrogen (secondary N) is 1. The van der Waals surface area contributed by atoms with Crippen LogP contribution in [0.3, 0.4) is 0 Å². The molecule has 0 saturated heterocycles. The third-order valence-electron chi connectivity index (χ3n) is 1.88. The van der Waals surface area contributed by atoms with Crippen LogP contribution < -0.4 is 5.32 Å². The van der Waals surface area contributed by atoms with Gasteiger partial charge in [-0.25, -0.2) is 4.98 Å². The molecule has 0 aromatic carbocycles. The van der Waals surface area contributed by atoms with Crippen molar-refractivity contribution in [2.75, 3.05) is 12.0 Å². The second kappa shape index (κ2) is 2.51. The second-order valence-electron chi connectivity index (χ2n) is 2.62. The summed E-state index contributed by atoms with van der Waals surface area (Å²) in [6.07, 6.45) is 1.81. The molecule has 1 aromatic rings. The summed E-state index contributed by atoms with van der Waals surface area (Å²) >= 11 is 0. The molecule has 1 N–H and O–H groups in total. The van der Waals surface area contributed by atoms with E-state index in [1.54, 1.807) is 0 Å². The molecule has 0 radical (unpaired) electrons. The monoisotopic (exact) mass is 150 g/mol. The van der Waals surface area contributed by atoms with E-state index in [0.29, 0.717) is 13.3 Å². The zero-order chi connectivity index (χ0) is 7.68. The van der Waals surface area contributed by atoms with E-state index in [-0.39, 0.29) is 0 Å². The minimum atomic E-state index is 0.573. The Hall–Kier alpha value is -1.09. The molecule has 0 spiro atoms. The van der Waals surface area contributed by atoms with Crippen LogP contribution in [-0.4, -0.2) is 11.7 Å². The SMILES string of the molecule is Cc1ccnc2c1COCN2. The van der Waals surface area contributed by atoms with Gasteiger partial charge in [-0.1, -0.05) is 0 Å². The van der Waals surface area contributed by atoms with E-state index in [4.69, 9.17) is 4.74 Å². The molecular formula is C8H10N2O. The predicted octanol–water partition coefficient (Wildman–Crippen LogP) is 1.29. The smallest absolute Gasteiger partial charge is 0.133 e. The van der Waals surface area contributed by atoms with Crippen LogP contribution in [0.4, 0.5) is 5.82 Å². The van der Waals surface area contributed by atoms with E-state index in [9.17, 15) is 0 Å². The van der Waals surface area contributed by atoms with E-state index in [1.165, 1.54) is 11.1 Å². The number of hydrogen-bond donors (Lipinski definition) is 1. The number of fused-ring (bicyclic) bond motifs is 1. The van der Waals surface area contributed by atoms with Crippen LogP contribution in [0.1, 0.15) is 11.1 Å². The molecule has 0 amide bonds. The average molecular weight is 150 g/mol. The van der Waals surface area contributed by atoms with Crippen LogP contribution in [0.25, 0.3) is 0 Å². The third-order valence-corrected chi connectivity index (χ3v) is 1.88. The maximum atomic E-state index is 5.23. The van der Waals surface area contributed by atoms with Crippen molar-refractivity contribution in [2.24, 2.45) is 0 Å². The van der Waals surface area contributed by atoms with Crippen molar-refractivity contribution in [3.8, 4) is 0 Å². The van der Waals surface area contributed by atoms with Gasteiger partial charge in [-0.2, -0.15) is 0 Å². The fourth-order valence-corrected chi connectivity index (χ4v) is 1.20. The quantitative estimate of drug-likeness (QED) is 0.605. The first-order valence-corrected chi connectivity index (χ1v) is 3.64. The van der Waals surface area contributed by atoms with E-state index < -0.39 is 0 Å². The Morgan fingerprint density at radius 3 is 3.36 bits per heavy atom. The second-order valence-corrected chi connectivity index (χ2v) is 2.62. The Kier molecular flexibility index (Phi) is 1.51. The number of pyridine rings is 1. The Morgan fingerprint density at radius 1 is 1.64 bits per heavy atom. The van der Waals surface area contributed by atoms with Gasteiger partial charge in [0.1, 0.15) is 12.5 Å². The highest BCUT2D eigenvalue weighted by molar-refractivity contribution is 5.48. The first-order chi connectivity index (χ1) is 5.38. The number of nitrogens with zero attached hydrogens (tertiary/aromatic N) is 1. The first kappa shape index (κ1) is 6.61. The van der Waals surface area contributed by atoms with Gasteiger partial charge in [-0.3, -0.25) is 0 Å². The van der Waals surface area contributed by atoms with Gasteiger partial charge in [0.2, 0.25) is 0 Å². The van der Waals surface area contributed by atoms with Gasteiger partial charge in [0, 0.05) is 11.8 Å². The Labute approximate surface area is 65.4 Å². The lowest BCUT2D eigenvalue weighted by molar-refractivity contribution is 0.129. The van der Waals surface area contributed by atoms with Gasteiger partial charge in [0.05, 0.1) is 6.61 Å². The molecule has 2 rings (SSSR count). The number of anilines is 1. The molecule has 0 unspecified atom stereocenters. The molecule has 1 aliphatic rings. The lowest BCUT2D eigenvalue weighted by atomic mass is 10.1. The van der Waals surface area contributed by atoms with Crippen LogP contribution >= 0.6 is 0 Å². The lowest BCUT2D eigenvalue weighted by Crippen LogP contribution is -2.16. The van der Waals surface area contributed by atoms with E-state index in [2.05, 4.69) is 17.2 Å². The summed E-state index contributed by atoms with van der Waals surface area (Å²) < 4.78 is 5.23. The van der Waals surface area contributed by atoms with Crippen molar-refractivity contribution in [3.63, 3.8) is 0 Å². The Bertz CT molecular complexity index is 273. The summed E-state index contributed by atoms with van der Waals surface area (Å²) in [6.45, 7) is 3.32. The van der Waals surface area contributed by atoms with Crippen LogP contribution in [0.15, 0.2) is 12.3 Å². The fraction of sp³-hybridized carbons (Fsp3) is 0.375. The average Bonchev–Trinajstić information content (AvgIpc) is 2.06. The van der Waals surface area contributed by atoms with Crippen LogP contribution in [-0.2, 0) is 11.3 Å². The maximum Gasteiger partial charge on any atom is 0.133 e. The summed E-state index contributed by atoms with van der Waals surface area (Å²) in [5.41, 5.74) is 2.42. The van der Waals surface area contributed by atoms with Crippen molar-refractivity contribution in [1.29, 1.82) is 0 Å². The van der Waals surface area contributed by atoms with Gasteiger partial charge in [-0.05, 0) is 18.6 Å². The van der Waals surface area contributed by atoms with Crippen molar-refractivity contribution in [3.05, 3.63) is 23.4 Å². The van der Waals surface area contributed by atoms with E-state index in [0.717, 1.165) is 5.82 Å². The topological polar surface area (TPSA) is 34.1 Å². The lowest BCUT2D eigenvalue weighted by Gasteiger charge is -2.18. The van der Waals surface area contributed by atoms with Crippen molar-refractivity contribution >= 4 is 5.82 Å². The molecular weight excluding hydrogens is 140 g/mol. The van der Waals surface area contributed by atoms with Gasteiger partial charge in [0.25, 0.3) is 0 Å². The summed E-state index contributed by atoms with van der Waals surface area (Å²) in [4.78, 5) is 4.19. The zero-order valence-corrected chi connectivity index (χ0v) is 6.42. The highest BCUT2D eigenvalue weighted by atomic mass is 16.5. The summed E-state index contributed by atoms with van der Waals surface area (Å²) in [5.74, 6) is 0.969. The number of aromatic nitrogens is 1. The molecule has 0 aliphatic carbocycles. The molecule has 3 heteroatoms. The Morgan fingerprint density at radius 2 is 2.55 bits per heavy atom. The van der Waals surface area contributed by atoms with Crippen LogP contribution in [0.5, 0.6) is 0 Å². The van der Waals surface area contributed by atoms with Crippen molar-refractivity contribution in [1.82, 2.24) is 4.98 Å². The van der Waals surface area contributed by atoms with Gasteiger partial charge < -0.3 is 10.1 Å². The first-order valence-electron chi connectivity index (χ1n) is 3.64. The highest BCUT2D eigenvalue weighted by Gasteiger charge is 2.10. The number of ether oxygens (including phenoxy) is 1. The highest BCUT2D eigenvalue weighted by Crippen LogP contribution is 2.20. The van der Waals surface area contributed by atoms with Gasteiger partial charge in [-0.15, -0.1) is 0 Å². The number of rotatable bonds is 0. The number of aryl methyl sites for hydroxylation is 1. The fourth-order valence-electron chi connectivity index (χ4n) is 1.20. The summed E-state index contributed by atoms with van der Waals surface area (Å²) in [7, 11) is 0. The molecule has 0 fully saturated rings. The summed E-state index contributed by atoms with van der Waals surface area (Å²) in [6, 6.07) is 2.00. The molecule has 0 saturated carbocycles. The standard InChI is InChI=1S/C8H10N2O/c1-6-2-3-9-8-7(6)4-11-5-10-8/h2-3H,4-5H2,1H3,(H,9,10). The minimum Gasteiger partial charge on any atom is -0.356 e. The molecule has 0 bridgehead atoms. The largest absolute Gasteiger partial charge is 0.356 e. The number of hydrogen-bond acceptors (Lipinski definition) is 3. The zero-order valence-electron chi connectivity index (χ0n) is 6.42. The van der Waals surface area contributed by atoms with Crippen LogP contribution in [0, 0.1) is 6.92 Å². The molecule has 1 aromatic heterocycles. The normalized spacial score (nSPS) is 15.4. The van der Waals surface area contributed by atoms with E-state index >= 15 is 0 Å². The molecule has 3 nitrogen and oxygen atoms in total. The third kappa shape index (κ3) is 1.07. The van der Waals surface area contributed by atoms with Crippen molar-refractivity contribution in [2.45, 2.75) is 13.5 Å². The molecule has 0 atom stereocenters. The van der Waals surface area contributed by atoms with Crippen LogP contribution in [0.2, 0.25) is 0 Å². The molecule has 11 heavy (non-hydrogen) atoms. The molecule has 2 heterocycles. The minimum absolute atomic E-state index is 0.573.